The van der Waals surface area contributed by atoms with E-state index in [0.717, 1.165) is 12.3 Å². The van der Waals surface area contributed by atoms with Crippen molar-refractivity contribution in [3.8, 4) is 0 Å². The van der Waals surface area contributed by atoms with Crippen LogP contribution in [0.2, 0.25) is 0 Å². The average molecular weight is 259 g/mol. The van der Waals surface area contributed by atoms with Gasteiger partial charge in [-0.3, -0.25) is 9.59 Å². The summed E-state index contributed by atoms with van der Waals surface area (Å²) < 4.78 is 25.4. The van der Waals surface area contributed by atoms with E-state index < -0.39 is 26.3 Å². The Morgan fingerprint density at radius 3 is 2.65 bits per heavy atom. The number of aromatic nitrogens is 1. The van der Waals surface area contributed by atoms with Gasteiger partial charge in [0.25, 0.3) is 0 Å². The number of carbonyl (C=O) groups is 1. The maximum absolute atomic E-state index is 11.7. The van der Waals surface area contributed by atoms with Gasteiger partial charge in [0.15, 0.2) is 0 Å². The third-order valence-corrected chi connectivity index (χ3v) is 3.41. The van der Waals surface area contributed by atoms with E-state index in [-0.39, 0.29) is 6.54 Å². The highest BCUT2D eigenvalue weighted by molar-refractivity contribution is 7.89. The van der Waals surface area contributed by atoms with Crippen molar-refractivity contribution in [2.45, 2.75) is 4.90 Å². The van der Waals surface area contributed by atoms with E-state index in [4.69, 9.17) is 0 Å². The van der Waals surface area contributed by atoms with Crippen LogP contribution in [0.3, 0.4) is 0 Å². The first kappa shape index (κ1) is 13.4. The summed E-state index contributed by atoms with van der Waals surface area (Å²) in [5, 5.41) is 0. The summed E-state index contributed by atoms with van der Waals surface area (Å²) in [6.07, 6.45) is 2.40. The van der Waals surface area contributed by atoms with E-state index in [0.29, 0.717) is 0 Å². The summed E-state index contributed by atoms with van der Waals surface area (Å²) in [7, 11) is -0.949. The Morgan fingerprint density at radius 1 is 1.47 bits per heavy atom. The monoisotopic (exact) mass is 259 g/mol. The van der Waals surface area contributed by atoms with Crippen LogP contribution in [0.1, 0.15) is 0 Å². The molecule has 7 nitrogen and oxygen atoms in total. The number of aromatic amines is 1. The van der Waals surface area contributed by atoms with E-state index in [1.807, 2.05) is 0 Å². The number of amides is 1. The SMILES string of the molecule is CN(C)C(=O)CNS(=O)(=O)c1c[nH]ccc1=O. The van der Waals surface area contributed by atoms with Crippen molar-refractivity contribution in [1.29, 1.82) is 0 Å². The van der Waals surface area contributed by atoms with Crippen LogP contribution in [0.15, 0.2) is 28.2 Å². The van der Waals surface area contributed by atoms with Gasteiger partial charge < -0.3 is 9.88 Å². The number of carbonyl (C=O) groups excluding carboxylic acids is 1. The molecule has 0 aliphatic carbocycles. The zero-order valence-corrected chi connectivity index (χ0v) is 10.2. The average Bonchev–Trinajstić information content (AvgIpc) is 2.26. The zero-order valence-electron chi connectivity index (χ0n) is 9.43. The normalized spacial score (nSPS) is 11.2. The molecule has 0 aliphatic rings. The molecule has 94 valence electrons. The molecule has 1 amide bonds. The van der Waals surface area contributed by atoms with Crippen LogP contribution < -0.4 is 10.2 Å². The van der Waals surface area contributed by atoms with Gasteiger partial charge in [0.05, 0.1) is 6.54 Å². The molecule has 0 fully saturated rings. The molecule has 0 aliphatic heterocycles. The molecule has 0 bridgehead atoms. The Labute approximate surface area is 98.5 Å². The summed E-state index contributed by atoms with van der Waals surface area (Å²) in [5.74, 6) is -0.402. The second kappa shape index (κ2) is 5.11. The number of hydrogen-bond donors (Lipinski definition) is 2. The number of hydrogen-bond acceptors (Lipinski definition) is 4. The van der Waals surface area contributed by atoms with Crippen LogP contribution in [0.25, 0.3) is 0 Å². The number of rotatable bonds is 4. The molecule has 0 unspecified atom stereocenters. The highest BCUT2D eigenvalue weighted by atomic mass is 32.2. The van der Waals surface area contributed by atoms with Gasteiger partial charge in [0, 0.05) is 32.6 Å². The first-order valence-corrected chi connectivity index (χ1v) is 6.20. The van der Waals surface area contributed by atoms with E-state index in [1.165, 1.54) is 25.2 Å². The molecule has 0 spiro atoms. The predicted molar refractivity (Wildman–Crippen MR) is 60.9 cm³/mol. The minimum Gasteiger partial charge on any atom is -0.366 e. The Bertz CT molecular complexity index is 562. The largest absolute Gasteiger partial charge is 0.366 e. The maximum atomic E-state index is 11.7. The van der Waals surface area contributed by atoms with Crippen molar-refractivity contribution in [3.63, 3.8) is 0 Å². The quantitative estimate of drug-likeness (QED) is 0.705. The van der Waals surface area contributed by atoms with Crippen molar-refractivity contribution in [3.05, 3.63) is 28.7 Å². The molecule has 1 rings (SSSR count). The third kappa shape index (κ3) is 3.40. The molecule has 1 aromatic heterocycles. The van der Waals surface area contributed by atoms with Crippen molar-refractivity contribution in [1.82, 2.24) is 14.6 Å². The summed E-state index contributed by atoms with van der Waals surface area (Å²) in [6, 6.07) is 1.10. The second-order valence-corrected chi connectivity index (χ2v) is 5.22. The van der Waals surface area contributed by atoms with Crippen molar-refractivity contribution in [2.75, 3.05) is 20.6 Å². The van der Waals surface area contributed by atoms with Crippen LogP contribution in [0.4, 0.5) is 0 Å². The lowest BCUT2D eigenvalue weighted by atomic mass is 10.5. The smallest absolute Gasteiger partial charge is 0.246 e. The number of sulfonamides is 1. The molecule has 1 aromatic rings. The molecule has 0 radical (unpaired) electrons. The highest BCUT2D eigenvalue weighted by Gasteiger charge is 2.18. The fourth-order valence-electron chi connectivity index (χ4n) is 1.00. The molecular formula is C9H13N3O4S. The Morgan fingerprint density at radius 2 is 2.12 bits per heavy atom. The number of likely N-dealkylation sites (N-methyl/N-ethyl adjacent to an activating group) is 1. The minimum absolute atomic E-state index is 0.385. The van der Waals surface area contributed by atoms with Crippen LogP contribution in [-0.4, -0.2) is 44.8 Å². The fraction of sp³-hybridized carbons (Fsp3) is 0.333. The zero-order chi connectivity index (χ0) is 13.1. The van der Waals surface area contributed by atoms with Gasteiger partial charge in [-0.2, -0.15) is 0 Å². The van der Waals surface area contributed by atoms with Crippen LogP contribution >= 0.6 is 0 Å². The molecule has 0 atom stereocenters. The molecule has 1 heterocycles. The van der Waals surface area contributed by atoms with Gasteiger partial charge in [-0.15, -0.1) is 0 Å². The topological polar surface area (TPSA) is 99.3 Å². The van der Waals surface area contributed by atoms with Gasteiger partial charge in [-0.1, -0.05) is 0 Å². The highest BCUT2D eigenvalue weighted by Crippen LogP contribution is 1.99. The Balaban J connectivity index is 2.88. The molecule has 0 saturated carbocycles. The second-order valence-electron chi connectivity index (χ2n) is 3.49. The van der Waals surface area contributed by atoms with Crippen molar-refractivity contribution >= 4 is 15.9 Å². The lowest BCUT2D eigenvalue weighted by molar-refractivity contribution is -0.127. The molecule has 2 N–H and O–H groups in total. The predicted octanol–water partition coefficient (Wildman–Crippen LogP) is -1.26. The van der Waals surface area contributed by atoms with Crippen LogP contribution in [-0.2, 0) is 14.8 Å². The van der Waals surface area contributed by atoms with Crippen molar-refractivity contribution < 1.29 is 13.2 Å². The number of nitrogens with one attached hydrogen (secondary N) is 2. The summed E-state index contributed by atoms with van der Waals surface area (Å²) >= 11 is 0. The van der Waals surface area contributed by atoms with Crippen LogP contribution in [0.5, 0.6) is 0 Å². The Hall–Kier alpha value is -1.67. The molecule has 0 aromatic carbocycles. The van der Waals surface area contributed by atoms with Gasteiger partial charge in [0.1, 0.15) is 4.90 Å². The number of H-pyrrole nitrogens is 1. The fourth-order valence-corrected chi connectivity index (χ4v) is 2.03. The van der Waals surface area contributed by atoms with E-state index in [9.17, 15) is 18.0 Å². The Kier molecular flexibility index (Phi) is 4.02. The van der Waals surface area contributed by atoms with Gasteiger partial charge in [-0.05, 0) is 0 Å². The first-order valence-electron chi connectivity index (χ1n) is 4.71. The van der Waals surface area contributed by atoms with Crippen LogP contribution in [0, 0.1) is 0 Å². The van der Waals surface area contributed by atoms with E-state index >= 15 is 0 Å². The maximum Gasteiger partial charge on any atom is 0.246 e. The minimum atomic E-state index is -3.96. The summed E-state index contributed by atoms with van der Waals surface area (Å²) in [6.45, 7) is -0.385. The first-order chi connectivity index (χ1) is 7.84. The number of nitrogens with zero attached hydrogens (tertiary/aromatic N) is 1. The standard InChI is InChI=1S/C9H13N3O4S/c1-12(2)9(14)6-11-17(15,16)8-5-10-4-3-7(8)13/h3-5,11H,6H2,1-2H3,(H,10,13). The lowest BCUT2D eigenvalue weighted by Gasteiger charge is -2.10. The third-order valence-electron chi connectivity index (χ3n) is 1.99. The summed E-state index contributed by atoms with van der Waals surface area (Å²) in [5.41, 5.74) is -0.631. The van der Waals surface area contributed by atoms with Gasteiger partial charge in [0.2, 0.25) is 21.4 Å². The van der Waals surface area contributed by atoms with Crippen molar-refractivity contribution in [2.24, 2.45) is 0 Å². The van der Waals surface area contributed by atoms with E-state index in [1.54, 1.807) is 0 Å². The summed E-state index contributed by atoms with van der Waals surface area (Å²) in [4.78, 5) is 25.9. The van der Waals surface area contributed by atoms with E-state index in [2.05, 4.69) is 9.71 Å². The molecular weight excluding hydrogens is 246 g/mol. The number of pyridine rings is 1. The van der Waals surface area contributed by atoms with Gasteiger partial charge in [-0.25, -0.2) is 13.1 Å². The van der Waals surface area contributed by atoms with Gasteiger partial charge >= 0.3 is 0 Å². The molecule has 8 heteroatoms. The molecule has 17 heavy (non-hydrogen) atoms. The molecule has 0 saturated heterocycles. The lowest BCUT2D eigenvalue weighted by Crippen LogP contribution is -2.37.